The second-order valence-corrected chi connectivity index (χ2v) is 3.20. The number of fused-ring (bicyclic) bond motifs is 1. The number of ether oxygens (including phenoxy) is 1. The molecule has 14 heavy (non-hydrogen) atoms. The zero-order valence-electron chi connectivity index (χ0n) is 7.50. The summed E-state index contributed by atoms with van der Waals surface area (Å²) in [4.78, 5) is 14.0. The van der Waals surface area contributed by atoms with Crippen LogP contribution in [-0.2, 0) is 0 Å². The van der Waals surface area contributed by atoms with Gasteiger partial charge < -0.3 is 9.72 Å². The normalized spacial score (nSPS) is 10.4. The van der Waals surface area contributed by atoms with E-state index in [1.165, 1.54) is 0 Å². The Morgan fingerprint density at radius 1 is 1.50 bits per heavy atom. The molecule has 1 aromatic heterocycles. The number of hydrogen-bond acceptors (Lipinski definition) is 2. The minimum atomic E-state index is -0.485. The van der Waals surface area contributed by atoms with Crippen molar-refractivity contribution in [1.29, 1.82) is 0 Å². The molecule has 0 spiro atoms. The molecular weight excluding hydrogens is 202 g/mol. The van der Waals surface area contributed by atoms with E-state index >= 15 is 0 Å². The molecule has 0 radical (unpaired) electrons. The van der Waals surface area contributed by atoms with Gasteiger partial charge in [0.1, 0.15) is 5.75 Å². The quantitative estimate of drug-likeness (QED) is 0.773. The Morgan fingerprint density at radius 3 is 2.93 bits per heavy atom. The first-order valence-electron chi connectivity index (χ1n) is 4.08. The van der Waals surface area contributed by atoms with Crippen molar-refractivity contribution < 1.29 is 9.53 Å². The number of hydrogen-bond donors (Lipinski definition) is 1. The number of carbonyl (C=O) groups is 1. The fourth-order valence-corrected chi connectivity index (χ4v) is 1.63. The third-order valence-electron chi connectivity index (χ3n) is 2.10. The predicted octanol–water partition coefficient (Wildman–Crippen LogP) is 2.56. The molecule has 0 atom stereocenters. The monoisotopic (exact) mass is 209 g/mol. The SMILES string of the molecule is COc1cccc2[nH]cc(C(=O)Cl)c12. The molecule has 1 N–H and O–H groups in total. The third kappa shape index (κ3) is 1.26. The van der Waals surface area contributed by atoms with Gasteiger partial charge in [0.15, 0.2) is 0 Å². The molecule has 0 saturated carbocycles. The average Bonchev–Trinajstić information content (AvgIpc) is 2.60. The molecule has 0 aliphatic heterocycles. The highest BCUT2D eigenvalue weighted by Gasteiger charge is 2.13. The number of aromatic amines is 1. The molecule has 0 bridgehead atoms. The second-order valence-electron chi connectivity index (χ2n) is 2.86. The van der Waals surface area contributed by atoms with Crippen LogP contribution in [0.5, 0.6) is 5.75 Å². The molecular formula is C10H8ClNO2. The standard InChI is InChI=1S/C10H8ClNO2/c1-14-8-4-2-3-7-9(8)6(5-12-7)10(11)13/h2-5,12H,1H3. The number of benzene rings is 1. The number of rotatable bonds is 2. The molecule has 2 aromatic rings. The van der Waals surface area contributed by atoms with E-state index in [1.54, 1.807) is 19.4 Å². The highest BCUT2D eigenvalue weighted by molar-refractivity contribution is 6.68. The van der Waals surface area contributed by atoms with E-state index in [9.17, 15) is 4.79 Å². The van der Waals surface area contributed by atoms with Crippen molar-refractivity contribution >= 4 is 27.7 Å². The molecule has 72 valence electrons. The number of carbonyl (C=O) groups excluding carboxylic acids is 1. The zero-order valence-corrected chi connectivity index (χ0v) is 8.26. The van der Waals surface area contributed by atoms with Gasteiger partial charge in [0.25, 0.3) is 5.24 Å². The largest absolute Gasteiger partial charge is 0.496 e. The van der Waals surface area contributed by atoms with Gasteiger partial charge in [-0.2, -0.15) is 0 Å². The van der Waals surface area contributed by atoms with Crippen LogP contribution in [-0.4, -0.2) is 17.3 Å². The maximum Gasteiger partial charge on any atom is 0.254 e. The summed E-state index contributed by atoms with van der Waals surface area (Å²) in [7, 11) is 1.56. The summed E-state index contributed by atoms with van der Waals surface area (Å²) in [6, 6.07) is 5.50. The lowest BCUT2D eigenvalue weighted by Crippen LogP contribution is -1.89. The molecule has 2 rings (SSSR count). The zero-order chi connectivity index (χ0) is 10.1. The van der Waals surface area contributed by atoms with E-state index in [-0.39, 0.29) is 0 Å². The van der Waals surface area contributed by atoms with Crippen LogP contribution in [0.25, 0.3) is 10.9 Å². The Balaban J connectivity index is 2.81. The first-order valence-corrected chi connectivity index (χ1v) is 4.45. The van der Waals surface area contributed by atoms with E-state index in [4.69, 9.17) is 16.3 Å². The summed E-state index contributed by atoms with van der Waals surface area (Å²) >= 11 is 5.44. The van der Waals surface area contributed by atoms with Gasteiger partial charge in [0.05, 0.1) is 18.1 Å². The topological polar surface area (TPSA) is 42.1 Å². The van der Waals surface area contributed by atoms with Crippen LogP contribution in [0, 0.1) is 0 Å². The summed E-state index contributed by atoms with van der Waals surface area (Å²) in [6.07, 6.45) is 1.59. The Kier molecular flexibility index (Phi) is 2.17. The average molecular weight is 210 g/mol. The summed E-state index contributed by atoms with van der Waals surface area (Å²) in [5.41, 5.74) is 1.28. The van der Waals surface area contributed by atoms with Gasteiger partial charge in [0, 0.05) is 11.7 Å². The van der Waals surface area contributed by atoms with Crippen molar-refractivity contribution in [2.75, 3.05) is 7.11 Å². The fraction of sp³-hybridized carbons (Fsp3) is 0.100. The Labute approximate surface area is 85.6 Å². The Hall–Kier alpha value is -1.48. The van der Waals surface area contributed by atoms with Gasteiger partial charge in [-0.3, -0.25) is 4.79 Å². The van der Waals surface area contributed by atoms with Crippen LogP contribution in [0.1, 0.15) is 10.4 Å². The maximum atomic E-state index is 11.1. The van der Waals surface area contributed by atoms with Gasteiger partial charge in [-0.1, -0.05) is 6.07 Å². The van der Waals surface area contributed by atoms with Gasteiger partial charge in [-0.25, -0.2) is 0 Å². The predicted molar refractivity (Wildman–Crippen MR) is 55.0 cm³/mol. The van der Waals surface area contributed by atoms with Crippen LogP contribution < -0.4 is 4.74 Å². The summed E-state index contributed by atoms with van der Waals surface area (Å²) < 4.78 is 5.15. The number of halogens is 1. The van der Waals surface area contributed by atoms with Gasteiger partial charge in [-0.15, -0.1) is 0 Å². The first-order chi connectivity index (χ1) is 6.74. The summed E-state index contributed by atoms with van der Waals surface area (Å²) in [5.74, 6) is 0.646. The van der Waals surface area contributed by atoms with E-state index < -0.39 is 5.24 Å². The van der Waals surface area contributed by atoms with Crippen molar-refractivity contribution in [1.82, 2.24) is 4.98 Å². The molecule has 0 amide bonds. The third-order valence-corrected chi connectivity index (χ3v) is 2.30. The van der Waals surface area contributed by atoms with E-state index in [2.05, 4.69) is 4.98 Å². The van der Waals surface area contributed by atoms with Gasteiger partial charge in [-0.05, 0) is 23.7 Å². The minimum absolute atomic E-state index is 0.444. The molecule has 0 aliphatic rings. The van der Waals surface area contributed by atoms with Crippen molar-refractivity contribution in [3.05, 3.63) is 30.0 Å². The number of methoxy groups -OCH3 is 1. The molecule has 1 aromatic carbocycles. The minimum Gasteiger partial charge on any atom is -0.496 e. The van der Waals surface area contributed by atoms with Gasteiger partial charge >= 0.3 is 0 Å². The highest BCUT2D eigenvalue weighted by atomic mass is 35.5. The second kappa shape index (κ2) is 3.35. The molecule has 4 heteroatoms. The lowest BCUT2D eigenvalue weighted by Gasteiger charge is -2.01. The van der Waals surface area contributed by atoms with Crippen molar-refractivity contribution in [2.24, 2.45) is 0 Å². The van der Waals surface area contributed by atoms with E-state index in [0.29, 0.717) is 11.3 Å². The van der Waals surface area contributed by atoms with Crippen molar-refractivity contribution in [2.45, 2.75) is 0 Å². The Bertz CT molecular complexity index is 490. The van der Waals surface area contributed by atoms with Crippen molar-refractivity contribution in [3.63, 3.8) is 0 Å². The fourth-order valence-electron chi connectivity index (χ4n) is 1.48. The molecule has 0 unspecified atom stereocenters. The van der Waals surface area contributed by atoms with Crippen LogP contribution in [0.4, 0.5) is 0 Å². The smallest absolute Gasteiger partial charge is 0.254 e. The molecule has 0 aliphatic carbocycles. The Morgan fingerprint density at radius 2 is 2.29 bits per heavy atom. The van der Waals surface area contributed by atoms with Crippen LogP contribution in [0.3, 0.4) is 0 Å². The van der Waals surface area contributed by atoms with Crippen molar-refractivity contribution in [3.8, 4) is 5.75 Å². The van der Waals surface area contributed by atoms with Crippen LogP contribution in [0.2, 0.25) is 0 Å². The molecule has 3 nitrogen and oxygen atoms in total. The molecule has 1 heterocycles. The molecule has 0 fully saturated rings. The highest BCUT2D eigenvalue weighted by Crippen LogP contribution is 2.29. The summed E-state index contributed by atoms with van der Waals surface area (Å²) in [5, 5.41) is 0.246. The van der Waals surface area contributed by atoms with Gasteiger partial charge in [0.2, 0.25) is 0 Å². The number of aromatic nitrogens is 1. The molecule has 0 saturated heterocycles. The number of H-pyrrole nitrogens is 1. The van der Waals surface area contributed by atoms with Crippen LogP contribution >= 0.6 is 11.6 Å². The lowest BCUT2D eigenvalue weighted by atomic mass is 10.1. The summed E-state index contributed by atoms with van der Waals surface area (Å²) in [6.45, 7) is 0. The maximum absolute atomic E-state index is 11.1. The lowest BCUT2D eigenvalue weighted by molar-refractivity contribution is 0.108. The first kappa shape index (κ1) is 9.09. The van der Waals surface area contributed by atoms with E-state index in [0.717, 1.165) is 10.9 Å². The van der Waals surface area contributed by atoms with E-state index in [1.807, 2.05) is 12.1 Å². The number of nitrogens with one attached hydrogen (secondary N) is 1. The van der Waals surface area contributed by atoms with Crippen LogP contribution in [0.15, 0.2) is 24.4 Å².